The van der Waals surface area contributed by atoms with E-state index >= 15 is 4.39 Å². The topological polar surface area (TPSA) is 21.6 Å². The second-order valence-corrected chi connectivity index (χ2v) is 11.9. The fourth-order valence-electron chi connectivity index (χ4n) is 4.43. The summed E-state index contributed by atoms with van der Waals surface area (Å²) in [5.41, 5.74) is -0.350. The summed E-state index contributed by atoms with van der Waals surface area (Å²) in [5, 5.41) is 2.95. The predicted molar refractivity (Wildman–Crippen MR) is 127 cm³/mol. The van der Waals surface area contributed by atoms with E-state index in [0.29, 0.717) is 0 Å². The van der Waals surface area contributed by atoms with Gasteiger partial charge in [-0.1, -0.05) is 54.6 Å². The van der Waals surface area contributed by atoms with Crippen molar-refractivity contribution in [2.24, 2.45) is 4.99 Å². The van der Waals surface area contributed by atoms with Crippen LogP contribution in [0, 0.1) is 0 Å². The molecule has 2 nitrogen and oxygen atoms in total. The zero-order valence-electron chi connectivity index (χ0n) is 18.1. The molecule has 1 aliphatic heterocycles. The van der Waals surface area contributed by atoms with Gasteiger partial charge in [0, 0.05) is 6.42 Å². The normalized spacial score (nSPS) is 18.8. The average Bonchev–Trinajstić information content (AvgIpc) is 2.75. The molecule has 3 aromatic carbocycles. The molecule has 0 saturated heterocycles. The quantitative estimate of drug-likeness (QED) is 0.493. The van der Waals surface area contributed by atoms with Crippen LogP contribution in [0.1, 0.15) is 27.2 Å². The van der Waals surface area contributed by atoms with Crippen LogP contribution >= 0.6 is 7.26 Å². The average molecular weight is 500 g/mol. The van der Waals surface area contributed by atoms with Crippen LogP contribution in [0.5, 0.6) is 0 Å². The summed E-state index contributed by atoms with van der Waals surface area (Å²) in [6.45, 7) is 6.09. The van der Waals surface area contributed by atoms with Gasteiger partial charge in [0.1, 0.15) is 15.9 Å². The molecule has 1 aliphatic rings. The largest absolute Gasteiger partial charge is 1.00 e. The lowest BCUT2D eigenvalue weighted by atomic mass is 9.97. The van der Waals surface area contributed by atoms with E-state index in [4.69, 9.17) is 9.73 Å². The lowest BCUT2D eigenvalue weighted by Gasteiger charge is -2.36. The van der Waals surface area contributed by atoms with Gasteiger partial charge in [-0.3, -0.25) is 0 Å². The molecule has 0 radical (unpaired) electrons. The molecule has 0 spiro atoms. The Bertz CT molecular complexity index is 915. The maximum atomic E-state index is 17.0. The van der Waals surface area contributed by atoms with Crippen molar-refractivity contribution in [3.8, 4) is 0 Å². The number of alkyl halides is 1. The molecule has 0 amide bonds. The third-order valence-electron chi connectivity index (χ3n) is 5.56. The van der Waals surface area contributed by atoms with Gasteiger partial charge >= 0.3 is 0 Å². The first-order chi connectivity index (χ1) is 14.4. The van der Waals surface area contributed by atoms with E-state index in [-0.39, 0.29) is 34.5 Å². The van der Waals surface area contributed by atoms with Crippen molar-refractivity contribution in [3.63, 3.8) is 0 Å². The van der Waals surface area contributed by atoms with Crippen molar-refractivity contribution < 1.29 is 26.1 Å². The van der Waals surface area contributed by atoms with Gasteiger partial charge in [0.05, 0.1) is 11.6 Å². The van der Waals surface area contributed by atoms with Crippen LogP contribution in [-0.4, -0.2) is 23.5 Å². The molecule has 2 atom stereocenters. The Hall–Kier alpha value is -2.03. The Morgan fingerprint density at radius 1 is 0.839 bits per heavy atom. The molecule has 0 bridgehead atoms. The van der Waals surface area contributed by atoms with Crippen LogP contribution in [0.25, 0.3) is 0 Å². The van der Waals surface area contributed by atoms with Crippen molar-refractivity contribution >= 4 is 29.1 Å². The van der Waals surface area contributed by atoms with Gasteiger partial charge in [0.2, 0.25) is 0 Å². The van der Waals surface area contributed by atoms with E-state index in [1.807, 2.05) is 112 Å². The first-order valence-corrected chi connectivity index (χ1v) is 12.3. The highest BCUT2D eigenvalue weighted by Crippen LogP contribution is 2.61. The van der Waals surface area contributed by atoms with E-state index < -0.39 is 13.2 Å². The van der Waals surface area contributed by atoms with Crippen LogP contribution in [0.3, 0.4) is 0 Å². The Morgan fingerprint density at radius 3 is 1.58 bits per heavy atom. The summed E-state index contributed by atoms with van der Waals surface area (Å²) in [6, 6.07) is 30.1. The van der Waals surface area contributed by atoms with Crippen molar-refractivity contribution in [2.75, 3.05) is 0 Å². The van der Waals surface area contributed by atoms with Crippen molar-refractivity contribution in [1.29, 1.82) is 0 Å². The third kappa shape index (κ3) is 4.61. The van der Waals surface area contributed by atoms with Crippen LogP contribution in [0.2, 0.25) is 0 Å². The minimum absolute atomic E-state index is 0. The molecule has 0 aromatic heterocycles. The lowest BCUT2D eigenvalue weighted by molar-refractivity contribution is -0.00000977. The number of halogens is 2. The van der Waals surface area contributed by atoms with E-state index in [1.165, 1.54) is 0 Å². The van der Waals surface area contributed by atoms with Crippen molar-refractivity contribution in [3.05, 3.63) is 91.0 Å². The zero-order chi connectivity index (χ0) is 21.2. The van der Waals surface area contributed by atoms with E-state index in [1.54, 1.807) is 0 Å². The fraction of sp³-hybridized carbons (Fsp3) is 0.269. The van der Waals surface area contributed by atoms with Crippen LogP contribution in [0.15, 0.2) is 96.0 Å². The lowest BCUT2D eigenvalue weighted by Crippen LogP contribution is -3.00. The summed E-state index contributed by atoms with van der Waals surface area (Å²) >= 11 is 0. The Labute approximate surface area is 195 Å². The molecule has 4 rings (SSSR count). The summed E-state index contributed by atoms with van der Waals surface area (Å²) in [5.74, 6) is -1.14. The maximum absolute atomic E-state index is 17.0. The predicted octanol–water partition coefficient (Wildman–Crippen LogP) is 2.27. The van der Waals surface area contributed by atoms with Gasteiger partial charge < -0.3 is 21.7 Å². The molecule has 1 heterocycles. The second-order valence-electron chi connectivity index (χ2n) is 8.46. The van der Waals surface area contributed by atoms with E-state index in [0.717, 1.165) is 22.3 Å². The van der Waals surface area contributed by atoms with Gasteiger partial charge in [-0.25, -0.2) is 4.99 Å². The molecule has 0 fully saturated rings. The summed E-state index contributed by atoms with van der Waals surface area (Å²) < 4.78 is 23.0. The highest BCUT2D eigenvalue weighted by atomic mass is 79.9. The zero-order valence-corrected chi connectivity index (χ0v) is 20.6. The summed E-state index contributed by atoms with van der Waals surface area (Å²) in [7, 11) is -2.72. The smallest absolute Gasteiger partial charge is 0.292 e. The minimum atomic E-state index is -2.72. The SMILES string of the molecule is CC1CC(C)(C)N=C(C(F)[P+](c2ccccc2)(c2ccccc2)c2ccccc2)O1.[Br-]. The van der Waals surface area contributed by atoms with Crippen LogP contribution < -0.4 is 32.9 Å². The van der Waals surface area contributed by atoms with E-state index in [2.05, 4.69) is 0 Å². The first kappa shape index (κ1) is 23.6. The van der Waals surface area contributed by atoms with Crippen LogP contribution in [-0.2, 0) is 4.74 Å². The number of hydrogen-bond donors (Lipinski definition) is 0. The van der Waals surface area contributed by atoms with Crippen LogP contribution in [0.4, 0.5) is 4.39 Å². The van der Waals surface area contributed by atoms with Gasteiger partial charge in [0.25, 0.3) is 11.8 Å². The summed E-state index contributed by atoms with van der Waals surface area (Å²) in [6.07, 6.45) is 0.700. The van der Waals surface area contributed by atoms with Gasteiger partial charge in [-0.15, -0.1) is 0 Å². The van der Waals surface area contributed by atoms with Gasteiger partial charge in [-0.05, 0) is 57.2 Å². The van der Waals surface area contributed by atoms with Crippen molar-refractivity contribution in [2.45, 2.75) is 44.7 Å². The standard InChI is InChI=1S/C26H28FNOP.BrH/c1-20-19-26(2,3)28-25(29-20)24(27)30(21-13-7-4-8-14-21,22-15-9-5-10-16-22)23-17-11-6-12-18-23;/h4-18,20,24H,19H2,1-3H3;1H/q+1;/p-1. The summed E-state index contributed by atoms with van der Waals surface area (Å²) in [4.78, 5) is 4.75. The Balaban J connectivity index is 0.00000272. The number of benzene rings is 3. The number of ether oxygens (including phenoxy) is 1. The molecule has 0 aliphatic carbocycles. The highest BCUT2D eigenvalue weighted by molar-refractivity contribution is 7.96. The number of hydrogen-bond acceptors (Lipinski definition) is 2. The molecular formula is C26H28BrFNOP. The monoisotopic (exact) mass is 499 g/mol. The molecular weight excluding hydrogens is 472 g/mol. The number of nitrogens with zero attached hydrogens (tertiary/aromatic N) is 1. The number of rotatable bonds is 5. The Kier molecular flexibility index (Phi) is 7.34. The molecule has 0 saturated carbocycles. The maximum Gasteiger partial charge on any atom is 0.292 e. The highest BCUT2D eigenvalue weighted by Gasteiger charge is 2.57. The molecule has 0 N–H and O–H groups in total. The molecule has 2 unspecified atom stereocenters. The molecule has 162 valence electrons. The fourth-order valence-corrected chi connectivity index (χ4v) is 8.48. The van der Waals surface area contributed by atoms with E-state index in [9.17, 15) is 0 Å². The number of aliphatic imine (C=N–C) groups is 1. The molecule has 3 aromatic rings. The minimum Gasteiger partial charge on any atom is -1.00 e. The Morgan fingerprint density at radius 2 is 1.23 bits per heavy atom. The van der Waals surface area contributed by atoms with Gasteiger partial charge in [0.15, 0.2) is 7.26 Å². The molecule has 31 heavy (non-hydrogen) atoms. The molecule has 5 heteroatoms. The third-order valence-corrected chi connectivity index (χ3v) is 9.79. The first-order valence-electron chi connectivity index (χ1n) is 10.4. The van der Waals surface area contributed by atoms with Crippen molar-refractivity contribution in [1.82, 2.24) is 0 Å². The van der Waals surface area contributed by atoms with Gasteiger partial charge in [-0.2, -0.15) is 4.39 Å². The second kappa shape index (κ2) is 9.63.